The lowest BCUT2D eigenvalue weighted by Crippen LogP contribution is -2.24. The van der Waals surface area contributed by atoms with Gasteiger partial charge in [-0.3, -0.25) is 14.4 Å². The average Bonchev–Trinajstić information content (AvgIpc) is 2.26. The SMILES string of the molecule is C=C1CC(C#N)C1.Cc1cccc(CC(=O)Nc2ccc(C=C3CC(C#N)C3)cn2)c1.Cc1cccc(CC(=O)Nc2ccc(CC3CC(C#N)C3)cn2)c1.Cc1cccc(CC(=O)O)c1.N#CC1CC(=Cc2ccc(N)nc2)C1.Nc1ccc(Br)cn1. The molecule has 2 amide bonds. The number of carbonyl (C=O) groups excluding carboxylic acids is 2. The molecule has 4 saturated carbocycles. The Labute approximate surface area is 524 Å². The van der Waals surface area contributed by atoms with Crippen molar-refractivity contribution in [2.75, 3.05) is 22.1 Å². The fourth-order valence-corrected chi connectivity index (χ4v) is 9.80. The minimum Gasteiger partial charge on any atom is -0.481 e. The van der Waals surface area contributed by atoms with Gasteiger partial charge in [-0.25, -0.2) is 19.9 Å². The number of nitrogen functional groups attached to an aromatic ring is 2. The summed E-state index contributed by atoms with van der Waals surface area (Å²) in [5, 5.41) is 48.5. The molecule has 88 heavy (non-hydrogen) atoms. The number of halogens is 1. The van der Waals surface area contributed by atoms with E-state index < -0.39 is 5.97 Å². The number of carbonyl (C=O) groups is 3. The monoisotopic (exact) mass is 1240 g/mol. The molecule has 3 aromatic carbocycles. The van der Waals surface area contributed by atoms with Crippen LogP contribution in [0.5, 0.6) is 0 Å². The van der Waals surface area contributed by atoms with Gasteiger partial charge >= 0.3 is 5.97 Å². The number of hydrogen-bond donors (Lipinski definition) is 5. The molecule has 0 atom stereocenters. The zero-order chi connectivity index (χ0) is 63.4. The maximum atomic E-state index is 12.1. The quantitative estimate of drug-likeness (QED) is 0.0711. The molecule has 11 rings (SSSR count). The van der Waals surface area contributed by atoms with Crippen LogP contribution in [0, 0.1) is 95.7 Å². The van der Waals surface area contributed by atoms with Gasteiger partial charge in [0.2, 0.25) is 11.8 Å². The van der Waals surface area contributed by atoms with Crippen LogP contribution in [0.15, 0.2) is 174 Å². The number of benzene rings is 3. The second-order valence-electron chi connectivity index (χ2n) is 22.4. The van der Waals surface area contributed by atoms with Crippen molar-refractivity contribution in [3.63, 3.8) is 0 Å². The molecule has 4 fully saturated rings. The molecule has 7 aromatic rings. The van der Waals surface area contributed by atoms with E-state index in [0.29, 0.717) is 47.9 Å². The highest BCUT2D eigenvalue weighted by molar-refractivity contribution is 9.10. The van der Waals surface area contributed by atoms with Gasteiger partial charge in [-0.15, -0.1) is 0 Å². The molecule has 0 radical (unpaired) electrons. The van der Waals surface area contributed by atoms with Crippen LogP contribution >= 0.6 is 15.9 Å². The first-order chi connectivity index (χ1) is 42.3. The first kappa shape index (κ1) is 67.1. The van der Waals surface area contributed by atoms with Gasteiger partial charge in [-0.2, -0.15) is 21.0 Å². The Hall–Kier alpha value is -10.1. The molecule has 0 saturated heterocycles. The highest BCUT2D eigenvalue weighted by Gasteiger charge is 2.29. The van der Waals surface area contributed by atoms with Gasteiger partial charge in [0.25, 0.3) is 0 Å². The van der Waals surface area contributed by atoms with Gasteiger partial charge in [0, 0.05) is 35.2 Å². The lowest BCUT2D eigenvalue weighted by molar-refractivity contribution is -0.136. The number of aliphatic carboxylic acids is 1. The number of allylic oxidation sites excluding steroid dienone is 3. The van der Waals surface area contributed by atoms with Crippen LogP contribution in [0.3, 0.4) is 0 Å². The molecule has 0 aliphatic heterocycles. The minimum absolute atomic E-state index is 0.0586. The van der Waals surface area contributed by atoms with E-state index in [1.165, 1.54) is 16.7 Å². The van der Waals surface area contributed by atoms with Gasteiger partial charge < -0.3 is 27.2 Å². The fraction of sp³-hybridized carbons (Fsp3) is 0.282. The van der Waals surface area contributed by atoms with Gasteiger partial charge in [-0.1, -0.05) is 131 Å². The van der Waals surface area contributed by atoms with Crippen molar-refractivity contribution < 1.29 is 19.5 Å². The number of carboxylic acid groups (broad SMARTS) is 1. The van der Waals surface area contributed by atoms with E-state index >= 15 is 0 Å². The lowest BCUT2D eigenvalue weighted by Gasteiger charge is -2.30. The lowest BCUT2D eigenvalue weighted by atomic mass is 9.73. The van der Waals surface area contributed by atoms with Crippen molar-refractivity contribution in [2.45, 2.75) is 97.8 Å². The third-order valence-electron chi connectivity index (χ3n) is 14.4. The van der Waals surface area contributed by atoms with E-state index in [9.17, 15) is 14.4 Å². The summed E-state index contributed by atoms with van der Waals surface area (Å²) in [4.78, 5) is 50.9. The summed E-state index contributed by atoms with van der Waals surface area (Å²) in [7, 11) is 0. The standard InChI is InChI=1S/C20H21N3O.C20H19N3O.C11H11N3.C9H10O2.C6H7N.C5H5BrN2/c2*1-14-3-2-4-15(7-14)11-20(24)23-19-6-5-16(13-22-19)8-17-9-18(10-17)12-21;12-6-10-4-9(5-10)3-8-1-2-11(13)14-7-8;1-7-3-2-4-8(5-7)6-9(10)11;1-5-2-6(3-5)4-7;6-4-1-2-5(7)8-3-4/h2-7,13,17-18H,8-11H2,1H3,(H,22,23,24);2-8,13,18H,9-11H2,1H3,(H,22,23,24);1-3,7,10H,4-5H2,(H2,13,14);2-5H,6H2,1H3,(H,10,11);6H,1-3H2;1-3H,(H2,7,8). The zero-order valence-electron chi connectivity index (χ0n) is 49.9. The number of nitrogens with one attached hydrogen (secondary N) is 2. The Balaban J connectivity index is 0.000000179. The Morgan fingerprint density at radius 1 is 0.545 bits per heavy atom. The highest BCUT2D eigenvalue weighted by Crippen LogP contribution is 2.36. The fourth-order valence-electron chi connectivity index (χ4n) is 9.56. The number of aromatic nitrogens is 4. The molecule has 17 heteroatoms. The van der Waals surface area contributed by atoms with Crippen LogP contribution in [0.1, 0.15) is 101 Å². The third kappa shape index (κ3) is 24.5. The topological polar surface area (TPSA) is 294 Å². The Bertz CT molecular complexity index is 3680. The number of amides is 2. The van der Waals surface area contributed by atoms with Gasteiger partial charge in [0.05, 0.1) is 61.3 Å². The minimum atomic E-state index is -0.782. The zero-order valence-corrected chi connectivity index (χ0v) is 51.5. The molecule has 4 aromatic heterocycles. The smallest absolute Gasteiger partial charge is 0.307 e. The second-order valence-corrected chi connectivity index (χ2v) is 23.3. The van der Waals surface area contributed by atoms with Crippen LogP contribution in [0.25, 0.3) is 12.2 Å². The van der Waals surface area contributed by atoms with Crippen LogP contribution < -0.4 is 22.1 Å². The van der Waals surface area contributed by atoms with Crippen LogP contribution in [0.4, 0.5) is 23.3 Å². The van der Waals surface area contributed by atoms with E-state index in [1.54, 1.807) is 36.8 Å². The van der Waals surface area contributed by atoms with E-state index in [-0.39, 0.29) is 36.0 Å². The Kier molecular flexibility index (Phi) is 26.5. The molecule has 16 nitrogen and oxygen atoms in total. The summed E-state index contributed by atoms with van der Waals surface area (Å²) in [6, 6.07) is 47.3. The molecular weight excluding hydrogens is 1160 g/mol. The van der Waals surface area contributed by atoms with E-state index in [2.05, 4.69) is 89.5 Å². The van der Waals surface area contributed by atoms with Crippen LogP contribution in [-0.4, -0.2) is 42.8 Å². The number of nitrogens with two attached hydrogens (primary N) is 2. The number of carboxylic acids is 1. The van der Waals surface area contributed by atoms with Gasteiger partial charge in [0.15, 0.2) is 0 Å². The van der Waals surface area contributed by atoms with Gasteiger partial charge in [-0.05, 0) is 176 Å². The largest absolute Gasteiger partial charge is 0.481 e. The predicted molar refractivity (Wildman–Crippen MR) is 349 cm³/mol. The maximum Gasteiger partial charge on any atom is 0.307 e. The average molecular weight is 1240 g/mol. The summed E-state index contributed by atoms with van der Waals surface area (Å²) >= 11 is 3.23. The summed E-state index contributed by atoms with van der Waals surface area (Å²) in [5.74, 6) is 2.84. The molecule has 448 valence electrons. The van der Waals surface area contributed by atoms with Crippen molar-refractivity contribution >= 4 is 69.1 Å². The number of pyridine rings is 4. The number of anilines is 4. The van der Waals surface area contributed by atoms with Crippen molar-refractivity contribution in [3.05, 3.63) is 224 Å². The van der Waals surface area contributed by atoms with Gasteiger partial charge in [0.1, 0.15) is 23.3 Å². The summed E-state index contributed by atoms with van der Waals surface area (Å²) in [6.07, 6.45) is 20.3. The van der Waals surface area contributed by atoms with Crippen molar-refractivity contribution in [1.82, 2.24) is 19.9 Å². The second kappa shape index (κ2) is 34.8. The van der Waals surface area contributed by atoms with Crippen molar-refractivity contribution in [1.29, 1.82) is 21.0 Å². The molecule has 0 unspecified atom stereocenters. The summed E-state index contributed by atoms with van der Waals surface area (Å²) < 4.78 is 0.951. The number of hydrogen-bond acceptors (Lipinski definition) is 13. The molecular formula is C71H73BrN12O4. The van der Waals surface area contributed by atoms with Crippen LogP contribution in [0.2, 0.25) is 0 Å². The first-order valence-corrected chi connectivity index (χ1v) is 29.7. The van der Waals surface area contributed by atoms with Crippen LogP contribution in [-0.2, 0) is 40.1 Å². The molecule has 0 bridgehead atoms. The maximum absolute atomic E-state index is 12.1. The Morgan fingerprint density at radius 2 is 0.966 bits per heavy atom. The van der Waals surface area contributed by atoms with E-state index in [0.717, 1.165) is 112 Å². The van der Waals surface area contributed by atoms with Crippen molar-refractivity contribution in [2.24, 2.45) is 29.6 Å². The summed E-state index contributed by atoms with van der Waals surface area (Å²) in [6.45, 7) is 9.68. The molecule has 0 spiro atoms. The molecule has 4 aliphatic carbocycles. The molecule has 4 heterocycles. The molecule has 4 aliphatic rings. The number of aryl methyl sites for hydroxylation is 3. The van der Waals surface area contributed by atoms with E-state index in [4.69, 9.17) is 37.6 Å². The number of rotatable bonds is 12. The summed E-state index contributed by atoms with van der Waals surface area (Å²) in [5.41, 5.74) is 24.1. The predicted octanol–water partition coefficient (Wildman–Crippen LogP) is 14.1. The third-order valence-corrected chi connectivity index (χ3v) is 14.8. The first-order valence-electron chi connectivity index (χ1n) is 28.9. The number of nitrogens with zero attached hydrogens (tertiary/aromatic N) is 8. The highest BCUT2D eigenvalue weighted by atomic mass is 79.9. The number of nitriles is 4. The normalized spacial score (nSPS) is 16.4. The van der Waals surface area contributed by atoms with E-state index in [1.807, 2.05) is 130 Å². The van der Waals surface area contributed by atoms with Crippen molar-refractivity contribution in [3.8, 4) is 24.3 Å². The molecule has 7 N–H and O–H groups in total. The Morgan fingerprint density at radius 3 is 1.32 bits per heavy atom.